The van der Waals surface area contributed by atoms with Crippen LogP contribution in [0.25, 0.3) is 0 Å². The predicted octanol–water partition coefficient (Wildman–Crippen LogP) is 8.06. The molecule has 0 saturated carbocycles. The zero-order valence-corrected chi connectivity index (χ0v) is 36.1. The number of aliphatic hydroxyl groups excluding tert-OH is 2. The second kappa shape index (κ2) is 35.7. The van der Waals surface area contributed by atoms with Crippen LogP contribution in [0.2, 0.25) is 0 Å². The number of carbonyl (C=O) groups is 2. The van der Waals surface area contributed by atoms with Crippen LogP contribution in [0.15, 0.2) is 0 Å². The number of unbranched alkanes of at least 4 members (excludes halogenated alkanes) is 22. The molecule has 0 spiro atoms. The van der Waals surface area contributed by atoms with Gasteiger partial charge in [0.1, 0.15) is 19.6 Å². The van der Waals surface area contributed by atoms with Gasteiger partial charge in [-0.05, 0) is 57.8 Å². The van der Waals surface area contributed by atoms with Gasteiger partial charge in [0.15, 0.2) is 12.4 Å². The van der Waals surface area contributed by atoms with E-state index in [1.165, 1.54) is 88.4 Å². The topological polar surface area (TPSA) is 177 Å². The molecule has 0 amide bonds. The minimum Gasteiger partial charge on any atom is -0.462 e. The number of rotatable bonds is 41. The van der Waals surface area contributed by atoms with Gasteiger partial charge in [-0.2, -0.15) is 0 Å². The normalized spacial score (nSPS) is 13.8. The monoisotopic (exact) mass is 800 g/mol. The van der Waals surface area contributed by atoms with Gasteiger partial charge in [-0.25, -0.2) is 9.59 Å². The third-order valence-electron chi connectivity index (χ3n) is 10.9. The van der Waals surface area contributed by atoms with Crippen LogP contribution in [-0.4, -0.2) is 105 Å². The molecular weight excluding hydrogens is 713 g/mol. The van der Waals surface area contributed by atoms with Gasteiger partial charge in [0.05, 0.1) is 6.61 Å². The summed E-state index contributed by atoms with van der Waals surface area (Å²) >= 11 is 0. The fourth-order valence-electron chi connectivity index (χ4n) is 7.02. The highest BCUT2D eigenvalue weighted by Gasteiger charge is 2.36. The third-order valence-corrected chi connectivity index (χ3v) is 10.9. The van der Waals surface area contributed by atoms with E-state index in [9.17, 15) is 40.2 Å². The van der Waals surface area contributed by atoms with E-state index in [-0.39, 0.29) is 51.5 Å². The van der Waals surface area contributed by atoms with Crippen LogP contribution in [0.4, 0.5) is 0 Å². The van der Waals surface area contributed by atoms with Gasteiger partial charge in [0.25, 0.3) is 5.79 Å². The van der Waals surface area contributed by atoms with Crippen molar-refractivity contribution in [3.05, 3.63) is 0 Å². The lowest BCUT2D eigenvalue weighted by molar-refractivity contribution is -0.213. The highest BCUT2D eigenvalue weighted by atomic mass is 16.6. The van der Waals surface area contributed by atoms with Crippen molar-refractivity contribution in [1.82, 2.24) is 4.90 Å². The zero-order chi connectivity index (χ0) is 41.9. The molecule has 0 saturated heterocycles. The Morgan fingerprint density at radius 2 is 0.946 bits per heavy atom. The SMILES string of the molecule is [B]C(O)(C(O)O)N(CCCCCCC(O)C(=O)OC(CCCCCCCC)CCCCCCCC)CCCCC(O)(O)C(=O)OCCCCCCCCCCC. The lowest BCUT2D eigenvalue weighted by atomic mass is 9.87. The number of aliphatic hydroxyl groups is 6. The minimum absolute atomic E-state index is 0.109. The van der Waals surface area contributed by atoms with Crippen molar-refractivity contribution < 1.29 is 49.7 Å². The minimum atomic E-state index is -2.64. The first-order valence-electron chi connectivity index (χ1n) is 23.0. The number of hydrogen-bond acceptors (Lipinski definition) is 11. The standard InChI is InChI=1S/C44H86BNO10/c1-4-7-10-13-16-17-18-23-30-37-55-42(51)43(52,53)34-27-29-36-46(44(45,54)41(49)50)35-28-22-21-26-33-39(47)40(48)56-38(31-24-19-14-11-8-5-2)32-25-20-15-12-9-6-3/h38-39,41,47,49-50,52-54H,4-37H2,1-3H3. The van der Waals surface area contributed by atoms with E-state index in [1.807, 2.05) is 0 Å². The van der Waals surface area contributed by atoms with Crippen LogP contribution in [0, 0.1) is 0 Å². The van der Waals surface area contributed by atoms with E-state index in [1.54, 1.807) is 0 Å². The zero-order valence-electron chi connectivity index (χ0n) is 36.1. The summed E-state index contributed by atoms with van der Waals surface area (Å²) < 4.78 is 10.9. The summed E-state index contributed by atoms with van der Waals surface area (Å²) in [6, 6.07) is 0. The van der Waals surface area contributed by atoms with Gasteiger partial charge in [-0.1, -0.05) is 156 Å². The highest BCUT2D eigenvalue weighted by molar-refractivity contribution is 6.14. The first-order chi connectivity index (χ1) is 26.8. The Kier molecular flexibility index (Phi) is 34.8. The molecule has 11 nitrogen and oxygen atoms in total. The van der Waals surface area contributed by atoms with Crippen LogP contribution < -0.4 is 0 Å². The molecule has 12 heteroatoms. The largest absolute Gasteiger partial charge is 0.462 e. The number of ether oxygens (including phenoxy) is 2. The number of hydrogen-bond donors (Lipinski definition) is 6. The third kappa shape index (κ3) is 29.0. The fourth-order valence-corrected chi connectivity index (χ4v) is 7.02. The van der Waals surface area contributed by atoms with Crippen LogP contribution in [0.5, 0.6) is 0 Å². The van der Waals surface area contributed by atoms with Crippen LogP contribution >= 0.6 is 0 Å². The van der Waals surface area contributed by atoms with Gasteiger partial charge >= 0.3 is 11.9 Å². The Bertz CT molecular complexity index is 906. The Balaban J connectivity index is 4.58. The Labute approximate surface area is 343 Å². The van der Waals surface area contributed by atoms with Crippen molar-refractivity contribution in [3.63, 3.8) is 0 Å². The molecule has 6 N–H and O–H groups in total. The van der Waals surface area contributed by atoms with E-state index in [0.717, 1.165) is 57.8 Å². The van der Waals surface area contributed by atoms with E-state index >= 15 is 0 Å². The van der Waals surface area contributed by atoms with E-state index in [2.05, 4.69) is 20.8 Å². The summed E-state index contributed by atoms with van der Waals surface area (Å²) in [5.74, 6) is -4.28. The molecule has 56 heavy (non-hydrogen) atoms. The maximum atomic E-state index is 12.8. The van der Waals surface area contributed by atoms with Crippen LogP contribution in [0.3, 0.4) is 0 Å². The Hall–Kier alpha value is -1.28. The molecule has 330 valence electrons. The average Bonchev–Trinajstić information content (AvgIpc) is 3.16. The average molecular weight is 800 g/mol. The van der Waals surface area contributed by atoms with Crippen molar-refractivity contribution in [2.75, 3.05) is 19.7 Å². The lowest BCUT2D eigenvalue weighted by Crippen LogP contribution is -2.58. The highest BCUT2D eigenvalue weighted by Crippen LogP contribution is 2.21. The number of carbonyl (C=O) groups excluding carboxylic acids is 2. The Morgan fingerprint density at radius 1 is 0.554 bits per heavy atom. The first-order valence-corrected chi connectivity index (χ1v) is 23.0. The molecule has 0 bridgehead atoms. The number of esters is 2. The van der Waals surface area contributed by atoms with E-state index < -0.39 is 35.7 Å². The second-order valence-electron chi connectivity index (χ2n) is 16.3. The molecule has 0 rings (SSSR count). The quantitative estimate of drug-likeness (QED) is 0.0153. The van der Waals surface area contributed by atoms with Crippen LogP contribution in [-0.2, 0) is 19.1 Å². The molecule has 2 atom stereocenters. The first kappa shape index (κ1) is 54.7. The van der Waals surface area contributed by atoms with Crippen molar-refractivity contribution >= 4 is 19.8 Å². The molecule has 0 fully saturated rings. The molecule has 2 unspecified atom stereocenters. The molecule has 2 radical (unpaired) electrons. The summed E-state index contributed by atoms with van der Waals surface area (Å²) in [5.41, 5.74) is -2.43. The number of nitrogens with zero attached hydrogens (tertiary/aromatic N) is 1. The van der Waals surface area contributed by atoms with Crippen LogP contribution in [0.1, 0.15) is 220 Å². The molecule has 0 aromatic rings. The van der Waals surface area contributed by atoms with Crippen molar-refractivity contribution in [1.29, 1.82) is 0 Å². The summed E-state index contributed by atoms with van der Waals surface area (Å²) in [4.78, 5) is 26.4. The smallest absolute Gasteiger partial charge is 0.366 e. The summed E-state index contributed by atoms with van der Waals surface area (Å²) in [6.45, 7) is 7.06. The molecule has 0 heterocycles. The summed E-state index contributed by atoms with van der Waals surface area (Å²) in [7, 11) is 5.84. The second-order valence-corrected chi connectivity index (χ2v) is 16.3. The lowest BCUT2D eigenvalue weighted by Gasteiger charge is -2.39. The fraction of sp³-hybridized carbons (Fsp3) is 0.955. The van der Waals surface area contributed by atoms with E-state index in [0.29, 0.717) is 32.1 Å². The maximum absolute atomic E-state index is 12.8. The van der Waals surface area contributed by atoms with E-state index in [4.69, 9.17) is 17.3 Å². The van der Waals surface area contributed by atoms with Gasteiger partial charge in [0, 0.05) is 19.5 Å². The van der Waals surface area contributed by atoms with Gasteiger partial charge in [0.2, 0.25) is 0 Å². The van der Waals surface area contributed by atoms with Crippen molar-refractivity contribution in [2.24, 2.45) is 0 Å². The van der Waals surface area contributed by atoms with Gasteiger partial charge in [-0.3, -0.25) is 4.90 Å². The molecule has 0 aliphatic heterocycles. The summed E-state index contributed by atoms with van der Waals surface area (Å²) in [5, 5.41) is 61.2. The molecule has 0 aromatic carbocycles. The van der Waals surface area contributed by atoms with Gasteiger partial charge in [-0.15, -0.1) is 0 Å². The maximum Gasteiger partial charge on any atom is 0.366 e. The molecule has 0 aliphatic rings. The Morgan fingerprint density at radius 3 is 1.41 bits per heavy atom. The van der Waals surface area contributed by atoms with Crippen molar-refractivity contribution in [2.45, 2.75) is 250 Å². The molecule has 0 aliphatic carbocycles. The predicted molar refractivity (Wildman–Crippen MR) is 225 cm³/mol. The van der Waals surface area contributed by atoms with Crippen molar-refractivity contribution in [3.8, 4) is 0 Å². The molecule has 0 aromatic heterocycles. The summed E-state index contributed by atoms with van der Waals surface area (Å²) in [6.07, 6.45) is 25.1. The van der Waals surface area contributed by atoms with Gasteiger partial charge < -0.3 is 40.1 Å². The molecular formula is C44H86BNO10.